The van der Waals surface area contributed by atoms with Gasteiger partial charge in [0.15, 0.2) is 9.84 Å². The second-order valence-electron chi connectivity index (χ2n) is 4.06. The van der Waals surface area contributed by atoms with Gasteiger partial charge in [-0.25, -0.2) is 13.2 Å². The number of carboxylic acids is 1. The molecule has 0 aliphatic rings. The smallest absolute Gasteiger partial charge is 0.340 e. The van der Waals surface area contributed by atoms with E-state index in [1.807, 2.05) is 0 Å². The van der Waals surface area contributed by atoms with Crippen LogP contribution in [0.4, 0.5) is 0 Å². The molecule has 5 nitrogen and oxygen atoms in total. The fourth-order valence-electron chi connectivity index (χ4n) is 1.04. The molecule has 0 aromatic rings. The van der Waals surface area contributed by atoms with Crippen molar-refractivity contribution in [3.05, 3.63) is 0 Å². The number of carboxylic acid groups (broad SMARTS) is 1. The highest BCUT2D eigenvalue weighted by Crippen LogP contribution is 2.32. The fourth-order valence-corrected chi connectivity index (χ4v) is 2.47. The van der Waals surface area contributed by atoms with Gasteiger partial charge in [-0.05, 0) is 0 Å². The van der Waals surface area contributed by atoms with Crippen molar-refractivity contribution in [2.75, 3.05) is 6.26 Å². The summed E-state index contributed by atoms with van der Waals surface area (Å²) in [5.41, 5.74) is 4.36. The minimum absolute atomic E-state index is 0.826. The number of carbonyl (C=O) groups is 1. The van der Waals surface area contributed by atoms with E-state index in [0.29, 0.717) is 0 Å². The van der Waals surface area contributed by atoms with E-state index < -0.39 is 26.1 Å². The quantitative estimate of drug-likeness (QED) is 0.657. The van der Waals surface area contributed by atoms with Crippen LogP contribution in [-0.4, -0.2) is 30.6 Å². The topological polar surface area (TPSA) is 97.5 Å². The molecular formula is C7H15NO4S. The lowest BCUT2D eigenvalue weighted by Gasteiger charge is -2.35. The maximum absolute atomic E-state index is 11.2. The number of hydrogen-bond donors (Lipinski definition) is 2. The van der Waals surface area contributed by atoms with Gasteiger partial charge in [0.2, 0.25) is 4.87 Å². The molecule has 78 valence electrons. The molecule has 0 spiro atoms. The molecular weight excluding hydrogens is 194 g/mol. The minimum atomic E-state index is -3.84. The second-order valence-corrected chi connectivity index (χ2v) is 6.25. The zero-order chi connectivity index (χ0) is 11.1. The zero-order valence-corrected chi connectivity index (χ0v) is 8.97. The van der Waals surface area contributed by atoms with Gasteiger partial charge in [-0.1, -0.05) is 20.8 Å². The van der Waals surface area contributed by atoms with Crippen molar-refractivity contribution in [1.29, 1.82) is 0 Å². The Hall–Kier alpha value is -0.620. The number of nitrogens with two attached hydrogens (primary N) is 1. The molecule has 0 aromatic heterocycles. The summed E-state index contributed by atoms with van der Waals surface area (Å²) < 4.78 is 22.5. The summed E-state index contributed by atoms with van der Waals surface area (Å²) in [6.07, 6.45) is 0.826. The SMILES string of the molecule is CC(C)(C)C(N)(C(=O)O)S(C)(=O)=O. The number of sulfone groups is 1. The van der Waals surface area contributed by atoms with Gasteiger partial charge < -0.3 is 10.8 Å². The summed E-state index contributed by atoms with van der Waals surface area (Å²) in [5, 5.41) is 8.80. The van der Waals surface area contributed by atoms with Crippen molar-refractivity contribution in [3.8, 4) is 0 Å². The van der Waals surface area contributed by atoms with Crippen LogP contribution >= 0.6 is 0 Å². The third-order valence-electron chi connectivity index (χ3n) is 2.02. The number of aliphatic carboxylic acids is 1. The predicted octanol–water partition coefficient (Wildman–Crippen LogP) is -0.183. The first-order chi connectivity index (χ1) is 5.44. The zero-order valence-electron chi connectivity index (χ0n) is 8.16. The summed E-state index contributed by atoms with van der Waals surface area (Å²) in [4.78, 5) is 8.57. The summed E-state index contributed by atoms with van der Waals surface area (Å²) in [7, 11) is -3.84. The van der Waals surface area contributed by atoms with Gasteiger partial charge in [0.05, 0.1) is 0 Å². The van der Waals surface area contributed by atoms with Crippen molar-refractivity contribution >= 4 is 15.8 Å². The van der Waals surface area contributed by atoms with Crippen LogP contribution < -0.4 is 5.73 Å². The van der Waals surface area contributed by atoms with Crippen molar-refractivity contribution in [2.45, 2.75) is 25.6 Å². The first-order valence-corrected chi connectivity index (χ1v) is 5.55. The first-order valence-electron chi connectivity index (χ1n) is 3.66. The van der Waals surface area contributed by atoms with E-state index in [1.54, 1.807) is 0 Å². The highest BCUT2D eigenvalue weighted by Gasteiger charge is 2.54. The van der Waals surface area contributed by atoms with Crippen LogP contribution in [0.2, 0.25) is 0 Å². The first kappa shape index (κ1) is 12.4. The molecule has 0 aliphatic heterocycles. The number of hydrogen-bond acceptors (Lipinski definition) is 4. The molecule has 0 saturated heterocycles. The highest BCUT2D eigenvalue weighted by molar-refractivity contribution is 7.92. The Bertz CT molecular complexity index is 314. The fraction of sp³-hybridized carbons (Fsp3) is 0.857. The van der Waals surface area contributed by atoms with E-state index in [1.165, 1.54) is 20.8 Å². The maximum atomic E-state index is 11.2. The van der Waals surface area contributed by atoms with Crippen LogP contribution in [0.15, 0.2) is 0 Å². The van der Waals surface area contributed by atoms with Crippen molar-refractivity contribution in [1.82, 2.24) is 0 Å². The molecule has 0 rings (SSSR count). The molecule has 0 fully saturated rings. The lowest BCUT2D eigenvalue weighted by atomic mass is 9.87. The molecule has 0 heterocycles. The van der Waals surface area contributed by atoms with Gasteiger partial charge >= 0.3 is 5.97 Å². The van der Waals surface area contributed by atoms with Gasteiger partial charge in [-0.3, -0.25) is 0 Å². The van der Waals surface area contributed by atoms with Crippen molar-refractivity contribution < 1.29 is 18.3 Å². The van der Waals surface area contributed by atoms with Gasteiger partial charge in [-0.2, -0.15) is 0 Å². The lowest BCUT2D eigenvalue weighted by molar-refractivity contribution is -0.143. The molecule has 13 heavy (non-hydrogen) atoms. The van der Waals surface area contributed by atoms with Crippen molar-refractivity contribution in [2.24, 2.45) is 11.1 Å². The molecule has 0 aliphatic carbocycles. The van der Waals surface area contributed by atoms with Crippen molar-refractivity contribution in [3.63, 3.8) is 0 Å². The normalized spacial score (nSPS) is 17.9. The summed E-state index contributed by atoms with van der Waals surface area (Å²) in [5.74, 6) is -1.53. The van der Waals surface area contributed by atoms with E-state index in [-0.39, 0.29) is 0 Å². The Morgan fingerprint density at radius 2 is 1.62 bits per heavy atom. The van der Waals surface area contributed by atoms with E-state index in [4.69, 9.17) is 10.8 Å². The third kappa shape index (κ3) is 1.83. The number of rotatable bonds is 2. The molecule has 0 aromatic carbocycles. The monoisotopic (exact) mass is 209 g/mol. The van der Waals surface area contributed by atoms with E-state index in [0.717, 1.165) is 6.26 Å². The molecule has 3 N–H and O–H groups in total. The lowest BCUT2D eigenvalue weighted by Crippen LogP contribution is -2.62. The largest absolute Gasteiger partial charge is 0.479 e. The maximum Gasteiger partial charge on any atom is 0.340 e. The molecule has 0 bridgehead atoms. The minimum Gasteiger partial charge on any atom is -0.479 e. The summed E-state index contributed by atoms with van der Waals surface area (Å²) >= 11 is 0. The van der Waals surface area contributed by atoms with Gasteiger partial charge in [0.25, 0.3) is 0 Å². The Labute approximate surface area is 77.8 Å². The summed E-state index contributed by atoms with van der Waals surface area (Å²) in [6, 6.07) is 0. The van der Waals surface area contributed by atoms with Crippen LogP contribution in [0, 0.1) is 5.41 Å². The van der Waals surface area contributed by atoms with Crippen LogP contribution in [0.1, 0.15) is 20.8 Å². The average Bonchev–Trinajstić information content (AvgIpc) is 1.80. The third-order valence-corrected chi connectivity index (χ3v) is 3.97. The van der Waals surface area contributed by atoms with E-state index >= 15 is 0 Å². The van der Waals surface area contributed by atoms with Gasteiger partial charge in [-0.15, -0.1) is 0 Å². The Morgan fingerprint density at radius 1 is 1.31 bits per heavy atom. The molecule has 1 atom stereocenters. The van der Waals surface area contributed by atoms with Crippen LogP contribution in [0.5, 0.6) is 0 Å². The predicted molar refractivity (Wildman–Crippen MR) is 48.9 cm³/mol. The van der Waals surface area contributed by atoms with Crippen LogP contribution in [0.3, 0.4) is 0 Å². The summed E-state index contributed by atoms with van der Waals surface area (Å²) in [6.45, 7) is 4.42. The molecule has 0 amide bonds. The van der Waals surface area contributed by atoms with E-state index in [2.05, 4.69) is 0 Å². The Kier molecular flexibility index (Phi) is 2.81. The molecule has 0 saturated carbocycles. The van der Waals surface area contributed by atoms with Crippen LogP contribution in [-0.2, 0) is 14.6 Å². The Balaban J connectivity index is 5.64. The Morgan fingerprint density at radius 3 is 1.62 bits per heavy atom. The van der Waals surface area contributed by atoms with Crippen LogP contribution in [0.25, 0.3) is 0 Å². The second kappa shape index (κ2) is 2.95. The van der Waals surface area contributed by atoms with Gasteiger partial charge in [0, 0.05) is 11.7 Å². The highest BCUT2D eigenvalue weighted by atomic mass is 32.2. The molecule has 0 radical (unpaired) electrons. The van der Waals surface area contributed by atoms with E-state index in [9.17, 15) is 13.2 Å². The standard InChI is InChI=1S/C7H15NO4S/c1-6(2,3)7(8,5(9)10)13(4,11)12/h8H2,1-4H3,(H,9,10). The molecule has 1 unspecified atom stereocenters. The average molecular weight is 209 g/mol. The van der Waals surface area contributed by atoms with Gasteiger partial charge in [0.1, 0.15) is 0 Å². The molecule has 6 heteroatoms.